The summed E-state index contributed by atoms with van der Waals surface area (Å²) in [6, 6.07) is 9.00. The number of sulfonamides is 1. The van der Waals surface area contributed by atoms with Gasteiger partial charge in [0.05, 0.1) is 9.82 Å². The maximum absolute atomic E-state index is 12.4. The first-order valence-electron chi connectivity index (χ1n) is 7.47. The molecule has 1 N–H and O–H groups in total. The smallest absolute Gasteiger partial charge is 0.258 e. The minimum atomic E-state index is -3.82. The third kappa shape index (κ3) is 5.59. The molecule has 10 heteroatoms. The second-order valence-electron chi connectivity index (χ2n) is 5.39. The molecule has 0 saturated heterocycles. The molecule has 0 bridgehead atoms. The van der Waals surface area contributed by atoms with Gasteiger partial charge < -0.3 is 0 Å². The van der Waals surface area contributed by atoms with Gasteiger partial charge in [-0.25, -0.2) is 13.1 Å². The largest absolute Gasteiger partial charge is 0.270 e. The molecule has 26 heavy (non-hydrogen) atoms. The Balaban J connectivity index is 1.92. The molecule has 2 aromatic carbocycles. The van der Waals surface area contributed by atoms with Crippen molar-refractivity contribution >= 4 is 50.7 Å². The number of nitro groups is 1. The highest BCUT2D eigenvalue weighted by Crippen LogP contribution is 2.25. The molecule has 0 unspecified atom stereocenters. The highest BCUT2D eigenvalue weighted by atomic mass is 35.5. The number of rotatable bonds is 8. The number of non-ortho nitro benzene ring substituents is 1. The maximum atomic E-state index is 12.4. The summed E-state index contributed by atoms with van der Waals surface area (Å²) in [4.78, 5) is 10.1. The van der Waals surface area contributed by atoms with Crippen molar-refractivity contribution in [3.63, 3.8) is 0 Å². The highest BCUT2D eigenvalue weighted by Gasteiger charge is 2.20. The molecule has 0 heterocycles. The molecule has 0 spiro atoms. The molecule has 0 amide bonds. The predicted octanol–water partition coefficient (Wildman–Crippen LogP) is 4.42. The fourth-order valence-corrected chi connectivity index (χ4v) is 4.98. The Labute approximate surface area is 166 Å². The number of nitro benzene ring substituents is 1. The van der Waals surface area contributed by atoms with Crippen LogP contribution < -0.4 is 4.72 Å². The van der Waals surface area contributed by atoms with Crippen LogP contribution in [0.3, 0.4) is 0 Å². The molecule has 140 valence electrons. The molecule has 0 radical (unpaired) electrons. The van der Waals surface area contributed by atoms with Gasteiger partial charge in [0.25, 0.3) is 5.69 Å². The Kier molecular flexibility index (Phi) is 7.31. The molecule has 0 aliphatic heterocycles. The summed E-state index contributed by atoms with van der Waals surface area (Å²) in [5.41, 5.74) is 1.10. The van der Waals surface area contributed by atoms with Crippen LogP contribution in [0.1, 0.15) is 11.1 Å². The van der Waals surface area contributed by atoms with Gasteiger partial charge in [-0.15, -0.1) is 0 Å². The summed E-state index contributed by atoms with van der Waals surface area (Å²) in [5, 5.41) is 12.0. The Bertz CT molecular complexity index is 920. The first kappa shape index (κ1) is 21.0. The molecule has 0 aliphatic carbocycles. The summed E-state index contributed by atoms with van der Waals surface area (Å²) < 4.78 is 27.2. The van der Waals surface area contributed by atoms with E-state index in [2.05, 4.69) is 4.72 Å². The Morgan fingerprint density at radius 2 is 1.92 bits per heavy atom. The molecule has 2 aromatic rings. The average molecular weight is 435 g/mol. The molecule has 0 fully saturated rings. The minimum Gasteiger partial charge on any atom is -0.258 e. The third-order valence-corrected chi connectivity index (χ3v) is 6.68. The Hall–Kier alpha value is -1.32. The number of thioether (sulfide) groups is 1. The topological polar surface area (TPSA) is 89.3 Å². The normalized spacial score (nSPS) is 11.5. The Morgan fingerprint density at radius 1 is 1.19 bits per heavy atom. The van der Waals surface area contributed by atoms with Crippen LogP contribution in [0.5, 0.6) is 0 Å². The van der Waals surface area contributed by atoms with E-state index < -0.39 is 14.9 Å². The van der Waals surface area contributed by atoms with Gasteiger partial charge in [-0.05, 0) is 30.2 Å². The zero-order chi connectivity index (χ0) is 19.3. The van der Waals surface area contributed by atoms with Gasteiger partial charge in [-0.1, -0.05) is 35.3 Å². The molecule has 2 rings (SSSR count). The van der Waals surface area contributed by atoms with Crippen LogP contribution >= 0.6 is 35.0 Å². The second-order valence-corrected chi connectivity index (χ2v) is 9.08. The zero-order valence-corrected chi connectivity index (χ0v) is 16.9. The van der Waals surface area contributed by atoms with Crippen LogP contribution in [0.2, 0.25) is 10.0 Å². The third-order valence-electron chi connectivity index (χ3n) is 3.48. The lowest BCUT2D eigenvalue weighted by molar-refractivity contribution is -0.385. The van der Waals surface area contributed by atoms with Crippen molar-refractivity contribution in [3.8, 4) is 0 Å². The van der Waals surface area contributed by atoms with Gasteiger partial charge in [0, 0.05) is 40.2 Å². The summed E-state index contributed by atoms with van der Waals surface area (Å²) >= 11 is 13.4. The fourth-order valence-electron chi connectivity index (χ4n) is 2.14. The summed E-state index contributed by atoms with van der Waals surface area (Å²) in [6.45, 7) is 1.79. The van der Waals surface area contributed by atoms with Crippen molar-refractivity contribution in [3.05, 3.63) is 67.7 Å². The van der Waals surface area contributed by atoms with Crippen LogP contribution in [0.25, 0.3) is 0 Å². The molecule has 0 aromatic heterocycles. The monoisotopic (exact) mass is 434 g/mol. The quantitative estimate of drug-likeness (QED) is 0.377. The average Bonchev–Trinajstić information content (AvgIpc) is 2.56. The molecular formula is C16H16Cl2N2O4S2. The number of nitrogens with zero attached hydrogens (tertiary/aromatic N) is 1. The molecule has 0 aliphatic rings. The van der Waals surface area contributed by atoms with Crippen molar-refractivity contribution in [2.45, 2.75) is 17.6 Å². The van der Waals surface area contributed by atoms with Gasteiger partial charge in [-0.2, -0.15) is 11.8 Å². The lowest BCUT2D eigenvalue weighted by Gasteiger charge is -2.09. The number of aryl methyl sites for hydroxylation is 1. The van der Waals surface area contributed by atoms with E-state index in [9.17, 15) is 18.5 Å². The van der Waals surface area contributed by atoms with Crippen LogP contribution in [-0.4, -0.2) is 25.6 Å². The highest BCUT2D eigenvalue weighted by molar-refractivity contribution is 7.98. The Morgan fingerprint density at radius 3 is 2.58 bits per heavy atom. The van der Waals surface area contributed by atoms with E-state index in [1.807, 2.05) is 6.07 Å². The van der Waals surface area contributed by atoms with Gasteiger partial charge in [0.1, 0.15) is 0 Å². The van der Waals surface area contributed by atoms with Crippen molar-refractivity contribution in [2.24, 2.45) is 0 Å². The van der Waals surface area contributed by atoms with E-state index in [0.29, 0.717) is 27.1 Å². The van der Waals surface area contributed by atoms with E-state index in [0.717, 1.165) is 11.6 Å². The zero-order valence-electron chi connectivity index (χ0n) is 13.7. The standard InChI is InChI=1S/C16H16Cl2N2O4S2/c1-11-2-5-14(20(21)22)9-16(11)26(23,24)19-6-7-25-10-12-3-4-13(17)8-15(12)18/h2-5,8-9,19H,6-7,10H2,1H3. The van der Waals surface area contributed by atoms with E-state index in [1.54, 1.807) is 19.1 Å². The molecule has 6 nitrogen and oxygen atoms in total. The first-order valence-corrected chi connectivity index (χ1v) is 10.9. The van der Waals surface area contributed by atoms with E-state index in [1.165, 1.54) is 23.9 Å². The lowest BCUT2D eigenvalue weighted by atomic mass is 10.2. The van der Waals surface area contributed by atoms with E-state index in [-0.39, 0.29) is 17.1 Å². The summed E-state index contributed by atoms with van der Waals surface area (Å²) in [7, 11) is -3.82. The number of nitrogens with one attached hydrogen (secondary N) is 1. The predicted molar refractivity (Wildman–Crippen MR) is 106 cm³/mol. The molecule has 0 saturated carbocycles. The van der Waals surface area contributed by atoms with Crippen molar-refractivity contribution in [1.29, 1.82) is 0 Å². The number of benzene rings is 2. The van der Waals surface area contributed by atoms with Crippen molar-refractivity contribution in [1.82, 2.24) is 4.72 Å². The number of halogens is 2. The summed E-state index contributed by atoms with van der Waals surface area (Å²) in [6.07, 6.45) is 0. The van der Waals surface area contributed by atoms with Gasteiger partial charge in [0.15, 0.2) is 0 Å². The van der Waals surface area contributed by atoms with E-state index in [4.69, 9.17) is 23.2 Å². The fraction of sp³-hybridized carbons (Fsp3) is 0.250. The number of hydrogen-bond donors (Lipinski definition) is 1. The second kappa shape index (κ2) is 9.05. The molecular weight excluding hydrogens is 419 g/mol. The van der Waals surface area contributed by atoms with E-state index >= 15 is 0 Å². The maximum Gasteiger partial charge on any atom is 0.270 e. The first-order chi connectivity index (χ1) is 12.2. The van der Waals surface area contributed by atoms with Crippen molar-refractivity contribution in [2.75, 3.05) is 12.3 Å². The summed E-state index contributed by atoms with van der Waals surface area (Å²) in [5.74, 6) is 1.14. The van der Waals surface area contributed by atoms with Crippen LogP contribution in [0, 0.1) is 17.0 Å². The van der Waals surface area contributed by atoms with Crippen LogP contribution in [0.4, 0.5) is 5.69 Å². The van der Waals surface area contributed by atoms with Crippen LogP contribution in [0.15, 0.2) is 41.3 Å². The van der Waals surface area contributed by atoms with Gasteiger partial charge in [0.2, 0.25) is 10.0 Å². The SMILES string of the molecule is Cc1ccc([N+](=O)[O-])cc1S(=O)(=O)NCCSCc1ccc(Cl)cc1Cl. The number of hydrogen-bond acceptors (Lipinski definition) is 5. The van der Waals surface area contributed by atoms with Crippen LogP contribution in [-0.2, 0) is 15.8 Å². The lowest BCUT2D eigenvalue weighted by Crippen LogP contribution is -2.26. The van der Waals surface area contributed by atoms with Gasteiger partial charge >= 0.3 is 0 Å². The van der Waals surface area contributed by atoms with Crippen molar-refractivity contribution < 1.29 is 13.3 Å². The van der Waals surface area contributed by atoms with Gasteiger partial charge in [-0.3, -0.25) is 10.1 Å². The molecule has 0 atom stereocenters. The minimum absolute atomic E-state index is 0.0857.